The molecule has 88 valence electrons. The normalized spacial score (nSPS) is 22.1. The van der Waals surface area contributed by atoms with Crippen molar-refractivity contribution in [3.05, 3.63) is 23.1 Å². The van der Waals surface area contributed by atoms with Crippen LogP contribution in [0.1, 0.15) is 25.0 Å². The van der Waals surface area contributed by atoms with Gasteiger partial charge in [0.15, 0.2) is 5.22 Å². The maximum Gasteiger partial charge on any atom is 0.193 e. The number of aryl methyl sites for hydroxylation is 1. The van der Waals surface area contributed by atoms with E-state index < -0.39 is 0 Å². The molecule has 1 aliphatic heterocycles. The number of hydrogen-bond acceptors (Lipinski definition) is 3. The first-order valence-electron chi connectivity index (χ1n) is 5.73. The molecule has 16 heavy (non-hydrogen) atoms. The lowest BCUT2D eigenvalue weighted by molar-refractivity contribution is -0.121. The number of nitrogens with one attached hydrogen (secondary N) is 1. The monoisotopic (exact) mass is 241 g/mol. The van der Waals surface area contributed by atoms with Crippen LogP contribution in [0.4, 0.5) is 0 Å². The van der Waals surface area contributed by atoms with Crippen LogP contribution < -0.4 is 5.32 Å². The minimum atomic E-state index is 0.180. The van der Waals surface area contributed by atoms with Gasteiger partial charge in [0.1, 0.15) is 11.5 Å². The third-order valence-corrected chi connectivity index (χ3v) is 3.23. The van der Waals surface area contributed by atoms with Crippen molar-refractivity contribution < 1.29 is 9.21 Å². The molecule has 1 aliphatic rings. The Morgan fingerprint density at radius 2 is 2.38 bits per heavy atom. The maximum atomic E-state index is 11.7. The van der Waals surface area contributed by atoms with Crippen LogP contribution in [0, 0.1) is 5.92 Å². The van der Waals surface area contributed by atoms with Crippen molar-refractivity contribution in [2.45, 2.75) is 25.7 Å². The second-order valence-electron chi connectivity index (χ2n) is 4.23. The Balaban J connectivity index is 1.86. The van der Waals surface area contributed by atoms with Gasteiger partial charge in [-0.2, -0.15) is 0 Å². The SMILES string of the molecule is O=C1CNCCCC1CCc1ccc(Cl)o1. The first-order chi connectivity index (χ1) is 7.75. The van der Waals surface area contributed by atoms with E-state index in [0.717, 1.165) is 38.0 Å². The molecule has 4 heteroatoms. The van der Waals surface area contributed by atoms with E-state index in [1.54, 1.807) is 6.07 Å². The molecule has 0 bridgehead atoms. The predicted octanol–water partition coefficient (Wildman–Crippen LogP) is 2.43. The molecule has 1 saturated heterocycles. The number of carbonyl (C=O) groups excluding carboxylic acids is 1. The number of ketones is 1. The van der Waals surface area contributed by atoms with Crippen LogP contribution in [-0.2, 0) is 11.2 Å². The number of hydrogen-bond donors (Lipinski definition) is 1. The van der Waals surface area contributed by atoms with Crippen molar-refractivity contribution in [1.29, 1.82) is 0 Å². The van der Waals surface area contributed by atoms with Gasteiger partial charge in [-0.05, 0) is 49.5 Å². The van der Waals surface area contributed by atoms with Crippen LogP contribution in [0.25, 0.3) is 0 Å². The molecule has 0 radical (unpaired) electrons. The lowest BCUT2D eigenvalue weighted by Gasteiger charge is -2.10. The Kier molecular flexibility index (Phi) is 4.02. The summed E-state index contributed by atoms with van der Waals surface area (Å²) in [5.41, 5.74) is 0. The standard InChI is InChI=1S/C12H16ClNO2/c13-12-6-5-10(16-12)4-3-9-2-1-7-14-8-11(9)15/h5-6,9,14H,1-4,7-8H2. The molecule has 1 fully saturated rings. The van der Waals surface area contributed by atoms with Gasteiger partial charge in [-0.25, -0.2) is 0 Å². The topological polar surface area (TPSA) is 42.2 Å². The second kappa shape index (κ2) is 5.51. The summed E-state index contributed by atoms with van der Waals surface area (Å²) in [4.78, 5) is 11.7. The van der Waals surface area contributed by atoms with Gasteiger partial charge in [0, 0.05) is 12.3 Å². The van der Waals surface area contributed by atoms with E-state index in [9.17, 15) is 4.79 Å². The zero-order valence-electron chi connectivity index (χ0n) is 9.17. The lowest BCUT2D eigenvalue weighted by Crippen LogP contribution is -2.24. The highest BCUT2D eigenvalue weighted by molar-refractivity contribution is 6.28. The van der Waals surface area contributed by atoms with E-state index in [0.29, 0.717) is 17.5 Å². The van der Waals surface area contributed by atoms with Crippen molar-refractivity contribution in [3.8, 4) is 0 Å². The van der Waals surface area contributed by atoms with Crippen molar-refractivity contribution in [1.82, 2.24) is 5.32 Å². The molecule has 0 aromatic carbocycles. The molecule has 0 saturated carbocycles. The molecule has 2 heterocycles. The van der Waals surface area contributed by atoms with E-state index in [1.165, 1.54) is 0 Å². The summed E-state index contributed by atoms with van der Waals surface area (Å²) in [6.07, 6.45) is 3.73. The molecule has 1 atom stereocenters. The van der Waals surface area contributed by atoms with Crippen LogP contribution >= 0.6 is 11.6 Å². The van der Waals surface area contributed by atoms with Crippen molar-refractivity contribution in [2.75, 3.05) is 13.1 Å². The Hall–Kier alpha value is -0.800. The summed E-state index contributed by atoms with van der Waals surface area (Å²) in [5, 5.41) is 3.56. The fourth-order valence-corrected chi connectivity index (χ4v) is 2.26. The van der Waals surface area contributed by atoms with Gasteiger partial charge in [-0.1, -0.05) is 0 Å². The quantitative estimate of drug-likeness (QED) is 0.884. The minimum Gasteiger partial charge on any atom is -0.450 e. The van der Waals surface area contributed by atoms with Crippen LogP contribution in [0.3, 0.4) is 0 Å². The van der Waals surface area contributed by atoms with E-state index in [4.69, 9.17) is 16.0 Å². The van der Waals surface area contributed by atoms with Crippen LogP contribution in [0.5, 0.6) is 0 Å². The first kappa shape index (κ1) is 11.7. The molecule has 2 rings (SSSR count). The summed E-state index contributed by atoms with van der Waals surface area (Å²) in [6.45, 7) is 1.47. The summed E-state index contributed by atoms with van der Waals surface area (Å²) in [5.74, 6) is 1.38. The van der Waals surface area contributed by atoms with Gasteiger partial charge in [0.05, 0.1) is 6.54 Å². The summed E-state index contributed by atoms with van der Waals surface area (Å²) in [6, 6.07) is 3.62. The Morgan fingerprint density at radius 1 is 1.50 bits per heavy atom. The summed E-state index contributed by atoms with van der Waals surface area (Å²) in [7, 11) is 0. The van der Waals surface area contributed by atoms with Crippen LogP contribution in [0.2, 0.25) is 5.22 Å². The van der Waals surface area contributed by atoms with E-state index in [1.807, 2.05) is 6.07 Å². The third kappa shape index (κ3) is 3.09. The average Bonchev–Trinajstić information content (AvgIpc) is 2.56. The van der Waals surface area contributed by atoms with Crippen molar-refractivity contribution in [3.63, 3.8) is 0 Å². The summed E-state index contributed by atoms with van der Waals surface area (Å²) >= 11 is 5.69. The predicted molar refractivity (Wildman–Crippen MR) is 62.6 cm³/mol. The van der Waals surface area contributed by atoms with E-state index >= 15 is 0 Å². The average molecular weight is 242 g/mol. The van der Waals surface area contributed by atoms with Crippen LogP contribution in [-0.4, -0.2) is 18.9 Å². The molecule has 1 aromatic rings. The first-order valence-corrected chi connectivity index (χ1v) is 6.11. The Morgan fingerprint density at radius 3 is 3.12 bits per heavy atom. The molecule has 1 aromatic heterocycles. The number of carbonyl (C=O) groups is 1. The van der Waals surface area contributed by atoms with Gasteiger partial charge in [-0.3, -0.25) is 4.79 Å². The molecular formula is C12H16ClNO2. The fourth-order valence-electron chi connectivity index (χ4n) is 2.10. The second-order valence-corrected chi connectivity index (χ2v) is 4.60. The number of halogens is 1. The smallest absolute Gasteiger partial charge is 0.193 e. The minimum absolute atomic E-state index is 0.180. The van der Waals surface area contributed by atoms with Gasteiger partial charge in [0.2, 0.25) is 0 Å². The third-order valence-electron chi connectivity index (χ3n) is 3.03. The largest absolute Gasteiger partial charge is 0.450 e. The highest BCUT2D eigenvalue weighted by Gasteiger charge is 2.20. The van der Waals surface area contributed by atoms with Crippen molar-refractivity contribution in [2.24, 2.45) is 5.92 Å². The molecule has 1 N–H and O–H groups in total. The fraction of sp³-hybridized carbons (Fsp3) is 0.583. The van der Waals surface area contributed by atoms with Gasteiger partial charge in [-0.15, -0.1) is 0 Å². The maximum absolute atomic E-state index is 11.7. The highest BCUT2D eigenvalue weighted by atomic mass is 35.5. The number of furan rings is 1. The molecule has 0 amide bonds. The Bertz CT molecular complexity index is 362. The zero-order valence-corrected chi connectivity index (χ0v) is 9.93. The summed E-state index contributed by atoms with van der Waals surface area (Å²) < 4.78 is 5.28. The molecule has 1 unspecified atom stereocenters. The molecule has 3 nitrogen and oxygen atoms in total. The number of Topliss-reactive ketones (excluding diaryl/α,β-unsaturated/α-hetero) is 1. The molecule has 0 spiro atoms. The number of rotatable bonds is 3. The van der Waals surface area contributed by atoms with Gasteiger partial charge >= 0.3 is 0 Å². The zero-order chi connectivity index (χ0) is 11.4. The van der Waals surface area contributed by atoms with Gasteiger partial charge in [0.25, 0.3) is 0 Å². The lowest BCUT2D eigenvalue weighted by atomic mass is 9.94. The molecule has 0 aliphatic carbocycles. The highest BCUT2D eigenvalue weighted by Crippen LogP contribution is 2.20. The van der Waals surface area contributed by atoms with Crippen LogP contribution in [0.15, 0.2) is 16.5 Å². The van der Waals surface area contributed by atoms with E-state index in [2.05, 4.69) is 5.32 Å². The van der Waals surface area contributed by atoms with Crippen molar-refractivity contribution >= 4 is 17.4 Å². The van der Waals surface area contributed by atoms with E-state index in [-0.39, 0.29) is 5.92 Å². The Labute approximate surface area is 100 Å². The van der Waals surface area contributed by atoms with Gasteiger partial charge < -0.3 is 9.73 Å². The molecular weight excluding hydrogens is 226 g/mol.